The normalized spacial score (nSPS) is 14.2. The number of halogens is 2. The number of anilines is 1. The lowest BCUT2D eigenvalue weighted by molar-refractivity contribution is 0.0953. The number of nitrogens with one attached hydrogen (secondary N) is 2. The lowest BCUT2D eigenvalue weighted by atomic mass is 9.93. The predicted molar refractivity (Wildman–Crippen MR) is 119 cm³/mol. The number of furan rings is 1. The highest BCUT2D eigenvalue weighted by Gasteiger charge is 2.28. The number of fused-ring (bicyclic) bond motifs is 1. The second-order valence-electron chi connectivity index (χ2n) is 7.15. The number of hydrazone groups is 1. The van der Waals surface area contributed by atoms with Crippen LogP contribution < -0.4 is 10.7 Å². The Morgan fingerprint density at radius 3 is 2.55 bits per heavy atom. The number of benzene rings is 2. The number of rotatable bonds is 4. The fourth-order valence-electron chi connectivity index (χ4n) is 3.52. The van der Waals surface area contributed by atoms with E-state index in [2.05, 4.69) is 31.8 Å². The summed E-state index contributed by atoms with van der Waals surface area (Å²) in [4.78, 5) is 25.1. The Balaban J connectivity index is 1.57. The predicted octanol–water partition coefficient (Wildman–Crippen LogP) is 5.21. The molecule has 6 nitrogen and oxygen atoms in total. The zero-order valence-corrected chi connectivity index (χ0v) is 18.3. The van der Waals surface area contributed by atoms with Gasteiger partial charge in [-0.3, -0.25) is 9.59 Å². The summed E-state index contributed by atoms with van der Waals surface area (Å²) in [6.45, 7) is 1.76. The van der Waals surface area contributed by atoms with E-state index in [9.17, 15) is 14.0 Å². The van der Waals surface area contributed by atoms with Crippen molar-refractivity contribution >= 4 is 39.1 Å². The van der Waals surface area contributed by atoms with Crippen LogP contribution in [0.3, 0.4) is 0 Å². The molecule has 158 valence electrons. The van der Waals surface area contributed by atoms with E-state index in [1.807, 2.05) is 0 Å². The molecule has 0 saturated carbocycles. The van der Waals surface area contributed by atoms with E-state index in [0.29, 0.717) is 35.4 Å². The maximum atomic E-state index is 13.9. The fraction of sp³-hybridized carbons (Fsp3) is 0.174. The molecule has 2 N–H and O–H groups in total. The van der Waals surface area contributed by atoms with E-state index in [1.165, 1.54) is 12.1 Å². The number of carbonyl (C=O) groups excluding carboxylic acids is 2. The van der Waals surface area contributed by atoms with Gasteiger partial charge in [0.2, 0.25) is 0 Å². The quantitative estimate of drug-likeness (QED) is 0.499. The average Bonchev–Trinajstić information content (AvgIpc) is 3.11. The van der Waals surface area contributed by atoms with E-state index in [1.54, 1.807) is 43.3 Å². The Kier molecular flexibility index (Phi) is 5.99. The summed E-state index contributed by atoms with van der Waals surface area (Å²) in [7, 11) is 0. The third-order valence-electron chi connectivity index (χ3n) is 5.05. The van der Waals surface area contributed by atoms with Gasteiger partial charge in [-0.05, 0) is 56.2 Å². The van der Waals surface area contributed by atoms with E-state index in [0.717, 1.165) is 16.5 Å². The fourth-order valence-corrected chi connectivity index (χ4v) is 3.79. The van der Waals surface area contributed by atoms with E-state index >= 15 is 0 Å². The third kappa shape index (κ3) is 4.44. The van der Waals surface area contributed by atoms with E-state index < -0.39 is 11.7 Å². The largest absolute Gasteiger partial charge is 0.455 e. The molecule has 1 aromatic heterocycles. The standard InChI is InChI=1S/C23H19BrFN3O3/c1-13-20-18(27-28-22(29)14-9-11-15(24)12-10-14)7-4-8-19(20)31-21(13)23(30)26-17-6-3-2-5-16(17)25/h2-3,5-6,9-12H,4,7-8H2,1H3,(H,26,30)(H,28,29)/b27-18+. The van der Waals surface area contributed by atoms with Crippen molar-refractivity contribution in [3.63, 3.8) is 0 Å². The van der Waals surface area contributed by atoms with Crippen molar-refractivity contribution in [1.82, 2.24) is 5.43 Å². The molecule has 31 heavy (non-hydrogen) atoms. The van der Waals surface area contributed by atoms with Crippen molar-refractivity contribution in [2.45, 2.75) is 26.2 Å². The van der Waals surface area contributed by atoms with Crippen molar-refractivity contribution in [3.8, 4) is 0 Å². The summed E-state index contributed by atoms with van der Waals surface area (Å²) in [6, 6.07) is 12.9. The summed E-state index contributed by atoms with van der Waals surface area (Å²) in [6.07, 6.45) is 2.08. The lowest BCUT2D eigenvalue weighted by Gasteiger charge is -2.13. The van der Waals surface area contributed by atoms with Gasteiger partial charge >= 0.3 is 0 Å². The molecule has 2 amide bonds. The van der Waals surface area contributed by atoms with Gasteiger partial charge in [0.15, 0.2) is 5.76 Å². The number of carbonyl (C=O) groups is 2. The number of nitrogens with zero attached hydrogens (tertiary/aromatic N) is 1. The first-order valence-corrected chi connectivity index (χ1v) is 10.5. The van der Waals surface area contributed by atoms with Gasteiger partial charge in [0.1, 0.15) is 11.6 Å². The van der Waals surface area contributed by atoms with Gasteiger partial charge < -0.3 is 9.73 Å². The summed E-state index contributed by atoms with van der Waals surface area (Å²) >= 11 is 3.34. The van der Waals surface area contributed by atoms with E-state index in [4.69, 9.17) is 4.42 Å². The highest BCUT2D eigenvalue weighted by molar-refractivity contribution is 9.10. The first kappa shape index (κ1) is 21.0. The highest BCUT2D eigenvalue weighted by atomic mass is 79.9. The maximum Gasteiger partial charge on any atom is 0.291 e. The molecule has 1 aliphatic rings. The molecule has 1 aliphatic carbocycles. The van der Waals surface area contributed by atoms with Gasteiger partial charge in [-0.15, -0.1) is 0 Å². The maximum absolute atomic E-state index is 13.9. The third-order valence-corrected chi connectivity index (χ3v) is 5.58. The molecule has 0 unspecified atom stereocenters. The van der Waals surface area contributed by atoms with Crippen molar-refractivity contribution in [2.24, 2.45) is 5.10 Å². The smallest absolute Gasteiger partial charge is 0.291 e. The van der Waals surface area contributed by atoms with Gasteiger partial charge in [-0.25, -0.2) is 9.82 Å². The van der Waals surface area contributed by atoms with Crippen molar-refractivity contribution in [2.75, 3.05) is 5.32 Å². The molecule has 8 heteroatoms. The first-order valence-electron chi connectivity index (χ1n) is 9.75. The van der Waals surface area contributed by atoms with Crippen molar-refractivity contribution in [3.05, 3.63) is 87.0 Å². The Labute approximate surface area is 186 Å². The molecule has 3 aromatic rings. The Bertz CT molecular complexity index is 1190. The topological polar surface area (TPSA) is 83.7 Å². The van der Waals surface area contributed by atoms with Crippen LogP contribution in [0.15, 0.2) is 62.5 Å². The average molecular weight is 484 g/mol. The molecule has 0 aliphatic heterocycles. The molecule has 2 aromatic carbocycles. The molecular formula is C23H19BrFN3O3. The summed E-state index contributed by atoms with van der Waals surface area (Å²) < 4.78 is 20.6. The highest BCUT2D eigenvalue weighted by Crippen LogP contribution is 2.30. The molecule has 0 bridgehead atoms. The SMILES string of the molecule is Cc1c(C(=O)Nc2ccccc2F)oc2c1/C(=N/NC(=O)c1ccc(Br)cc1)CCC2. The lowest BCUT2D eigenvalue weighted by Crippen LogP contribution is -2.22. The minimum atomic E-state index is -0.532. The van der Waals surface area contributed by atoms with Gasteiger partial charge in [0.05, 0.1) is 11.4 Å². The number of amides is 2. The van der Waals surface area contributed by atoms with E-state index in [-0.39, 0.29) is 17.4 Å². The van der Waals surface area contributed by atoms with Crippen molar-refractivity contribution in [1.29, 1.82) is 0 Å². The van der Waals surface area contributed by atoms with Gasteiger partial charge in [0.25, 0.3) is 11.8 Å². The number of hydrogen-bond donors (Lipinski definition) is 2. The van der Waals surface area contributed by atoms with Crippen LogP contribution in [-0.4, -0.2) is 17.5 Å². The van der Waals surface area contributed by atoms with Crippen LogP contribution in [0.1, 0.15) is 50.6 Å². The molecule has 0 saturated heterocycles. The molecule has 0 atom stereocenters. The number of para-hydroxylation sites is 1. The Hall–Kier alpha value is -3.26. The minimum Gasteiger partial charge on any atom is -0.455 e. The van der Waals surface area contributed by atoms with Crippen LogP contribution in [-0.2, 0) is 6.42 Å². The van der Waals surface area contributed by atoms with Crippen LogP contribution in [0.5, 0.6) is 0 Å². The van der Waals surface area contributed by atoms with Crippen LogP contribution in [0.4, 0.5) is 10.1 Å². The monoisotopic (exact) mass is 483 g/mol. The molecule has 0 fully saturated rings. The van der Waals surface area contributed by atoms with Crippen LogP contribution in [0.2, 0.25) is 0 Å². The first-order chi connectivity index (χ1) is 14.9. The summed E-state index contributed by atoms with van der Waals surface area (Å²) in [5.41, 5.74) is 5.13. The second kappa shape index (κ2) is 8.85. The van der Waals surface area contributed by atoms with Crippen molar-refractivity contribution < 1.29 is 18.4 Å². The Morgan fingerprint density at radius 1 is 1.06 bits per heavy atom. The summed E-state index contributed by atoms with van der Waals surface area (Å²) in [5.74, 6) is -0.634. The van der Waals surface area contributed by atoms with Crippen LogP contribution in [0.25, 0.3) is 0 Å². The molecular weight excluding hydrogens is 465 g/mol. The minimum absolute atomic E-state index is 0.0805. The summed E-state index contributed by atoms with van der Waals surface area (Å²) in [5, 5.41) is 6.85. The van der Waals surface area contributed by atoms with Crippen LogP contribution >= 0.6 is 15.9 Å². The van der Waals surface area contributed by atoms with Crippen LogP contribution in [0, 0.1) is 12.7 Å². The van der Waals surface area contributed by atoms with Gasteiger partial charge in [-0.2, -0.15) is 5.10 Å². The number of hydrogen-bond acceptors (Lipinski definition) is 4. The second-order valence-corrected chi connectivity index (χ2v) is 8.06. The Morgan fingerprint density at radius 2 is 1.81 bits per heavy atom. The molecule has 0 radical (unpaired) electrons. The molecule has 0 spiro atoms. The zero-order chi connectivity index (χ0) is 22.0. The zero-order valence-electron chi connectivity index (χ0n) is 16.7. The van der Waals surface area contributed by atoms with Gasteiger partial charge in [0, 0.05) is 27.6 Å². The number of aryl methyl sites for hydroxylation is 1. The molecule has 1 heterocycles. The molecule has 4 rings (SSSR count). The van der Waals surface area contributed by atoms with Gasteiger partial charge in [-0.1, -0.05) is 28.1 Å².